The molecule has 13 heavy (non-hydrogen) atoms. The van der Waals surface area contributed by atoms with Crippen LogP contribution in [0.4, 0.5) is 0 Å². The van der Waals surface area contributed by atoms with Crippen molar-refractivity contribution in [3.05, 3.63) is 0 Å². The van der Waals surface area contributed by atoms with E-state index in [4.69, 9.17) is 10.00 Å². The molecule has 0 N–H and O–H groups in total. The highest BCUT2D eigenvalue weighted by atomic mass is 16.5. The van der Waals surface area contributed by atoms with Gasteiger partial charge in [-0.05, 0) is 14.0 Å². The van der Waals surface area contributed by atoms with E-state index in [1.165, 1.54) is 0 Å². The minimum Gasteiger partial charge on any atom is -0.466 e. The Bertz CT molecular complexity index is 187. The van der Waals surface area contributed by atoms with Crippen LogP contribution in [0.1, 0.15) is 19.8 Å². The summed E-state index contributed by atoms with van der Waals surface area (Å²) in [6, 6.07) is 2.05. The molecule has 0 heterocycles. The highest BCUT2D eigenvalue weighted by molar-refractivity contribution is 5.69. The first-order valence-corrected chi connectivity index (χ1v) is 4.41. The zero-order chi connectivity index (χ0) is 10.1. The molecule has 0 aliphatic carbocycles. The fourth-order valence-corrected chi connectivity index (χ4v) is 0.868. The molecule has 0 bridgehead atoms. The second kappa shape index (κ2) is 7.56. The van der Waals surface area contributed by atoms with Crippen LogP contribution in [-0.2, 0) is 9.53 Å². The van der Waals surface area contributed by atoms with E-state index in [1.807, 2.05) is 11.9 Å². The Morgan fingerprint density at radius 2 is 2.23 bits per heavy atom. The number of nitriles is 1. The van der Waals surface area contributed by atoms with E-state index in [0.717, 1.165) is 0 Å². The van der Waals surface area contributed by atoms with Crippen LogP contribution in [0.3, 0.4) is 0 Å². The van der Waals surface area contributed by atoms with Crippen molar-refractivity contribution in [3.8, 4) is 6.07 Å². The average Bonchev–Trinajstić information content (AvgIpc) is 2.12. The maximum atomic E-state index is 10.9. The maximum Gasteiger partial charge on any atom is 0.307 e. The van der Waals surface area contributed by atoms with Gasteiger partial charge in [-0.3, -0.25) is 4.79 Å². The van der Waals surface area contributed by atoms with Crippen molar-refractivity contribution in [2.45, 2.75) is 19.8 Å². The van der Waals surface area contributed by atoms with Gasteiger partial charge >= 0.3 is 5.97 Å². The van der Waals surface area contributed by atoms with Gasteiger partial charge in [0.1, 0.15) is 0 Å². The number of hydrogen-bond donors (Lipinski definition) is 0. The third-order valence-corrected chi connectivity index (χ3v) is 1.61. The summed E-state index contributed by atoms with van der Waals surface area (Å²) in [6.45, 7) is 3.58. The first-order valence-electron chi connectivity index (χ1n) is 4.41. The number of ether oxygens (including phenoxy) is 1. The molecule has 0 aromatic carbocycles. The quantitative estimate of drug-likeness (QED) is 0.572. The van der Waals surface area contributed by atoms with Crippen LogP contribution in [0.2, 0.25) is 0 Å². The van der Waals surface area contributed by atoms with Gasteiger partial charge in [-0.25, -0.2) is 0 Å². The third kappa shape index (κ3) is 7.29. The van der Waals surface area contributed by atoms with Crippen molar-refractivity contribution in [1.29, 1.82) is 5.26 Å². The van der Waals surface area contributed by atoms with Gasteiger partial charge in [0.15, 0.2) is 0 Å². The summed E-state index contributed by atoms with van der Waals surface area (Å²) in [4.78, 5) is 12.9. The number of rotatable bonds is 6. The second-order valence-electron chi connectivity index (χ2n) is 2.77. The number of nitrogens with zero attached hydrogens (tertiary/aromatic N) is 2. The van der Waals surface area contributed by atoms with E-state index >= 15 is 0 Å². The molecule has 74 valence electrons. The molecule has 4 nitrogen and oxygen atoms in total. The van der Waals surface area contributed by atoms with Gasteiger partial charge in [-0.2, -0.15) is 5.26 Å². The minimum atomic E-state index is -0.175. The lowest BCUT2D eigenvalue weighted by Crippen LogP contribution is -2.23. The number of carbonyl (C=O) groups excluding carboxylic acids is 1. The third-order valence-electron chi connectivity index (χ3n) is 1.61. The van der Waals surface area contributed by atoms with E-state index in [-0.39, 0.29) is 5.97 Å². The summed E-state index contributed by atoms with van der Waals surface area (Å²) in [5.74, 6) is -0.175. The number of carbonyl (C=O) groups is 1. The van der Waals surface area contributed by atoms with Crippen molar-refractivity contribution in [2.24, 2.45) is 0 Å². The Morgan fingerprint density at radius 1 is 1.54 bits per heavy atom. The Labute approximate surface area is 79.1 Å². The van der Waals surface area contributed by atoms with E-state index in [9.17, 15) is 4.79 Å². The van der Waals surface area contributed by atoms with E-state index in [1.54, 1.807) is 6.92 Å². The number of esters is 1. The fraction of sp³-hybridized carbons (Fsp3) is 0.778. The summed E-state index contributed by atoms with van der Waals surface area (Å²) >= 11 is 0. The molecule has 4 heteroatoms. The molecule has 0 aromatic rings. The van der Waals surface area contributed by atoms with Crippen LogP contribution < -0.4 is 0 Å². The summed E-state index contributed by atoms with van der Waals surface area (Å²) in [7, 11) is 1.89. The minimum absolute atomic E-state index is 0.175. The van der Waals surface area contributed by atoms with Crippen LogP contribution in [0, 0.1) is 11.3 Å². The normalized spacial score (nSPS) is 9.69. The first kappa shape index (κ1) is 11.9. The highest BCUT2D eigenvalue weighted by Gasteiger charge is 2.03. The molecular formula is C9H16N2O2. The standard InChI is InChI=1S/C9H16N2O2/c1-3-13-9(12)5-8-11(2)7-4-6-10/h3-5,7-8H2,1-2H3. The molecule has 0 saturated carbocycles. The molecule has 0 fully saturated rings. The molecule has 0 atom stereocenters. The van der Waals surface area contributed by atoms with E-state index < -0.39 is 0 Å². The molecule has 0 rings (SSSR count). The van der Waals surface area contributed by atoms with Gasteiger partial charge in [-0.1, -0.05) is 0 Å². The lowest BCUT2D eigenvalue weighted by atomic mass is 10.3. The molecule has 0 aromatic heterocycles. The average molecular weight is 184 g/mol. The summed E-state index contributed by atoms with van der Waals surface area (Å²) in [5, 5.41) is 8.31. The number of hydrogen-bond acceptors (Lipinski definition) is 4. The topological polar surface area (TPSA) is 53.3 Å². The Balaban J connectivity index is 3.41. The molecule has 0 aliphatic rings. The SMILES string of the molecule is CCOC(=O)CCN(C)CCC#N. The van der Waals surface area contributed by atoms with E-state index in [0.29, 0.717) is 32.5 Å². The van der Waals surface area contributed by atoms with Crippen LogP contribution in [0.25, 0.3) is 0 Å². The Kier molecular flexibility index (Phi) is 6.93. The summed E-state index contributed by atoms with van der Waals surface area (Å²) in [5.41, 5.74) is 0. The molecule has 0 amide bonds. The van der Waals surface area contributed by atoms with Crippen LogP contribution >= 0.6 is 0 Å². The Morgan fingerprint density at radius 3 is 2.77 bits per heavy atom. The maximum absolute atomic E-state index is 10.9. The van der Waals surface area contributed by atoms with Gasteiger partial charge in [0.05, 0.1) is 19.1 Å². The fourth-order valence-electron chi connectivity index (χ4n) is 0.868. The molecular weight excluding hydrogens is 168 g/mol. The van der Waals surface area contributed by atoms with E-state index in [2.05, 4.69) is 6.07 Å². The lowest BCUT2D eigenvalue weighted by molar-refractivity contribution is -0.143. The van der Waals surface area contributed by atoms with Gasteiger partial charge in [0, 0.05) is 19.5 Å². The summed E-state index contributed by atoms with van der Waals surface area (Å²) < 4.78 is 4.77. The van der Waals surface area contributed by atoms with Gasteiger partial charge in [0.2, 0.25) is 0 Å². The summed E-state index contributed by atoms with van der Waals surface area (Å²) in [6.07, 6.45) is 0.898. The zero-order valence-corrected chi connectivity index (χ0v) is 8.25. The zero-order valence-electron chi connectivity index (χ0n) is 8.25. The van der Waals surface area contributed by atoms with Crippen LogP contribution in [0.15, 0.2) is 0 Å². The molecule has 0 spiro atoms. The van der Waals surface area contributed by atoms with Crippen LogP contribution in [-0.4, -0.2) is 37.6 Å². The smallest absolute Gasteiger partial charge is 0.307 e. The van der Waals surface area contributed by atoms with Gasteiger partial charge in [0.25, 0.3) is 0 Å². The van der Waals surface area contributed by atoms with Crippen molar-refractivity contribution < 1.29 is 9.53 Å². The van der Waals surface area contributed by atoms with Crippen molar-refractivity contribution >= 4 is 5.97 Å². The van der Waals surface area contributed by atoms with Crippen molar-refractivity contribution in [2.75, 3.05) is 26.7 Å². The van der Waals surface area contributed by atoms with Gasteiger partial charge < -0.3 is 9.64 Å². The Hall–Kier alpha value is -1.08. The molecule has 0 radical (unpaired) electrons. The van der Waals surface area contributed by atoms with Gasteiger partial charge in [-0.15, -0.1) is 0 Å². The molecule has 0 unspecified atom stereocenters. The second-order valence-corrected chi connectivity index (χ2v) is 2.77. The van der Waals surface area contributed by atoms with Crippen molar-refractivity contribution in [1.82, 2.24) is 4.90 Å². The lowest BCUT2D eigenvalue weighted by Gasteiger charge is -2.13. The predicted octanol–water partition coefficient (Wildman–Crippen LogP) is 0.785. The first-order chi connectivity index (χ1) is 6.20. The van der Waals surface area contributed by atoms with Crippen molar-refractivity contribution in [3.63, 3.8) is 0 Å². The predicted molar refractivity (Wildman–Crippen MR) is 49.0 cm³/mol. The van der Waals surface area contributed by atoms with Crippen LogP contribution in [0.5, 0.6) is 0 Å². The molecule has 0 saturated heterocycles. The monoisotopic (exact) mass is 184 g/mol. The highest BCUT2D eigenvalue weighted by Crippen LogP contribution is 1.92. The largest absolute Gasteiger partial charge is 0.466 e. The molecule has 0 aliphatic heterocycles.